The van der Waals surface area contributed by atoms with Gasteiger partial charge in [0.1, 0.15) is 0 Å². The van der Waals surface area contributed by atoms with Gasteiger partial charge in [0.2, 0.25) is 0 Å². The second kappa shape index (κ2) is 7.66. The molecule has 0 fully saturated rings. The second-order valence-electron chi connectivity index (χ2n) is 5.28. The highest BCUT2D eigenvalue weighted by Gasteiger charge is 2.37. The molecule has 0 aromatic heterocycles. The fourth-order valence-corrected chi connectivity index (χ4v) is 3.37. The normalized spacial score (nSPS) is 13.8. The van der Waals surface area contributed by atoms with Crippen LogP contribution >= 0.6 is 0 Å². The maximum absolute atomic E-state index is 6.62. The highest BCUT2D eigenvalue weighted by atomic mass is 15.2. The summed E-state index contributed by atoms with van der Waals surface area (Å²) < 4.78 is 0. The van der Waals surface area contributed by atoms with Gasteiger partial charge in [-0.3, -0.25) is 4.90 Å². The van der Waals surface area contributed by atoms with E-state index in [2.05, 4.69) is 62.9 Å². The summed E-state index contributed by atoms with van der Waals surface area (Å²) in [5.74, 6) is 0. The summed E-state index contributed by atoms with van der Waals surface area (Å²) in [6.07, 6.45) is 3.18. The summed E-state index contributed by atoms with van der Waals surface area (Å²) >= 11 is 0. The summed E-state index contributed by atoms with van der Waals surface area (Å²) in [6, 6.07) is 10.8. The van der Waals surface area contributed by atoms with Crippen molar-refractivity contribution in [1.82, 2.24) is 4.90 Å². The van der Waals surface area contributed by atoms with Crippen LogP contribution in [-0.2, 0) is 6.42 Å². The Labute approximate surface area is 119 Å². The highest BCUT2D eigenvalue weighted by Crippen LogP contribution is 2.28. The first kappa shape index (κ1) is 16.2. The lowest BCUT2D eigenvalue weighted by molar-refractivity contribution is 0.0628. The average molecular weight is 262 g/mol. The first-order chi connectivity index (χ1) is 9.14. The van der Waals surface area contributed by atoms with Gasteiger partial charge in [-0.2, -0.15) is 0 Å². The SMILES string of the molecule is CCN(CC)C(CC)(CC)C(N)Cc1ccccc1. The minimum Gasteiger partial charge on any atom is -0.326 e. The standard InChI is InChI=1S/C17H30N2/c1-5-17(6-2,19(7-3)8-4)16(18)14-15-12-10-9-11-13-15/h9-13,16H,5-8,14,18H2,1-4H3. The van der Waals surface area contributed by atoms with Crippen LogP contribution in [0.15, 0.2) is 30.3 Å². The van der Waals surface area contributed by atoms with E-state index in [0.717, 1.165) is 32.4 Å². The molecule has 1 aromatic carbocycles. The molecule has 1 aromatic rings. The van der Waals surface area contributed by atoms with Gasteiger partial charge in [-0.25, -0.2) is 0 Å². The van der Waals surface area contributed by atoms with Gasteiger partial charge >= 0.3 is 0 Å². The van der Waals surface area contributed by atoms with Gasteiger partial charge in [-0.1, -0.05) is 58.0 Å². The third-order valence-corrected chi connectivity index (χ3v) is 4.61. The summed E-state index contributed by atoms with van der Waals surface area (Å²) in [4.78, 5) is 2.54. The van der Waals surface area contributed by atoms with E-state index in [9.17, 15) is 0 Å². The van der Waals surface area contributed by atoms with E-state index < -0.39 is 0 Å². The van der Waals surface area contributed by atoms with Crippen LogP contribution in [-0.4, -0.2) is 29.6 Å². The van der Waals surface area contributed by atoms with Gasteiger partial charge in [-0.05, 0) is 37.9 Å². The van der Waals surface area contributed by atoms with Gasteiger partial charge in [0.25, 0.3) is 0 Å². The van der Waals surface area contributed by atoms with Crippen LogP contribution in [0.4, 0.5) is 0 Å². The molecule has 0 heterocycles. The Balaban J connectivity index is 2.91. The number of nitrogens with two attached hydrogens (primary N) is 1. The van der Waals surface area contributed by atoms with Crippen molar-refractivity contribution >= 4 is 0 Å². The molecule has 2 heteroatoms. The molecular formula is C17H30N2. The predicted octanol–water partition coefficient (Wildman–Crippen LogP) is 3.46. The van der Waals surface area contributed by atoms with Gasteiger partial charge < -0.3 is 5.73 Å². The van der Waals surface area contributed by atoms with E-state index in [1.165, 1.54) is 5.56 Å². The molecule has 0 saturated carbocycles. The largest absolute Gasteiger partial charge is 0.326 e. The molecule has 0 radical (unpaired) electrons. The summed E-state index contributed by atoms with van der Waals surface area (Å²) in [5.41, 5.74) is 8.08. The molecule has 19 heavy (non-hydrogen) atoms. The summed E-state index contributed by atoms with van der Waals surface area (Å²) in [7, 11) is 0. The van der Waals surface area contributed by atoms with Gasteiger partial charge in [0.05, 0.1) is 0 Å². The lowest BCUT2D eigenvalue weighted by Crippen LogP contribution is -2.60. The Morgan fingerprint density at radius 2 is 1.53 bits per heavy atom. The number of nitrogens with zero attached hydrogens (tertiary/aromatic N) is 1. The molecule has 2 nitrogen and oxygen atoms in total. The van der Waals surface area contributed by atoms with E-state index in [1.54, 1.807) is 0 Å². The zero-order valence-corrected chi connectivity index (χ0v) is 13.0. The lowest BCUT2D eigenvalue weighted by Gasteiger charge is -2.46. The third-order valence-electron chi connectivity index (χ3n) is 4.61. The minimum absolute atomic E-state index is 0.124. The smallest absolute Gasteiger partial charge is 0.0358 e. The molecular weight excluding hydrogens is 232 g/mol. The van der Waals surface area contributed by atoms with Crippen LogP contribution in [0.2, 0.25) is 0 Å². The first-order valence-electron chi connectivity index (χ1n) is 7.69. The van der Waals surface area contributed by atoms with Crippen molar-refractivity contribution in [3.8, 4) is 0 Å². The lowest BCUT2D eigenvalue weighted by atomic mass is 9.80. The minimum atomic E-state index is 0.124. The quantitative estimate of drug-likeness (QED) is 0.777. The van der Waals surface area contributed by atoms with Crippen LogP contribution < -0.4 is 5.73 Å². The molecule has 1 atom stereocenters. The van der Waals surface area contributed by atoms with Crippen LogP contribution in [0, 0.1) is 0 Å². The Hall–Kier alpha value is -0.860. The van der Waals surface area contributed by atoms with Gasteiger partial charge in [-0.15, -0.1) is 0 Å². The molecule has 0 spiro atoms. The number of hydrogen-bond acceptors (Lipinski definition) is 2. The van der Waals surface area contributed by atoms with E-state index in [4.69, 9.17) is 5.73 Å². The van der Waals surface area contributed by atoms with Crippen molar-refractivity contribution in [2.45, 2.75) is 58.5 Å². The topological polar surface area (TPSA) is 29.3 Å². The highest BCUT2D eigenvalue weighted by molar-refractivity contribution is 5.17. The maximum atomic E-state index is 6.62. The number of likely N-dealkylation sites (N-methyl/N-ethyl adjacent to an activating group) is 1. The van der Waals surface area contributed by atoms with E-state index in [-0.39, 0.29) is 11.6 Å². The van der Waals surface area contributed by atoms with Gasteiger partial charge in [0.15, 0.2) is 0 Å². The Morgan fingerprint density at radius 3 is 1.95 bits per heavy atom. The van der Waals surface area contributed by atoms with Crippen LogP contribution in [0.25, 0.3) is 0 Å². The summed E-state index contributed by atoms with van der Waals surface area (Å²) in [6.45, 7) is 11.2. The summed E-state index contributed by atoms with van der Waals surface area (Å²) in [5, 5.41) is 0. The molecule has 0 bridgehead atoms. The number of hydrogen-bond donors (Lipinski definition) is 1. The van der Waals surface area contributed by atoms with Crippen molar-refractivity contribution < 1.29 is 0 Å². The van der Waals surface area contributed by atoms with E-state index >= 15 is 0 Å². The van der Waals surface area contributed by atoms with Crippen molar-refractivity contribution in [3.63, 3.8) is 0 Å². The van der Waals surface area contributed by atoms with E-state index in [1.807, 2.05) is 0 Å². The number of benzene rings is 1. The fraction of sp³-hybridized carbons (Fsp3) is 0.647. The molecule has 0 aliphatic carbocycles. The zero-order valence-electron chi connectivity index (χ0n) is 13.0. The van der Waals surface area contributed by atoms with Crippen molar-refractivity contribution in [2.24, 2.45) is 5.73 Å². The maximum Gasteiger partial charge on any atom is 0.0358 e. The van der Waals surface area contributed by atoms with Crippen LogP contribution in [0.5, 0.6) is 0 Å². The monoisotopic (exact) mass is 262 g/mol. The van der Waals surface area contributed by atoms with Crippen LogP contribution in [0.1, 0.15) is 46.1 Å². The fourth-order valence-electron chi connectivity index (χ4n) is 3.37. The molecule has 1 rings (SSSR count). The first-order valence-corrected chi connectivity index (χ1v) is 7.69. The average Bonchev–Trinajstić information content (AvgIpc) is 2.45. The second-order valence-corrected chi connectivity index (χ2v) is 5.28. The van der Waals surface area contributed by atoms with E-state index in [0.29, 0.717) is 0 Å². The van der Waals surface area contributed by atoms with Crippen molar-refractivity contribution in [3.05, 3.63) is 35.9 Å². The molecule has 0 saturated heterocycles. The Bertz CT molecular complexity index is 340. The van der Waals surface area contributed by atoms with Gasteiger partial charge in [0, 0.05) is 11.6 Å². The molecule has 108 valence electrons. The van der Waals surface area contributed by atoms with Crippen molar-refractivity contribution in [1.29, 1.82) is 0 Å². The van der Waals surface area contributed by atoms with Crippen molar-refractivity contribution in [2.75, 3.05) is 13.1 Å². The zero-order chi connectivity index (χ0) is 14.3. The predicted molar refractivity (Wildman–Crippen MR) is 84.4 cm³/mol. The molecule has 0 aliphatic rings. The third kappa shape index (κ3) is 3.58. The van der Waals surface area contributed by atoms with Crippen LogP contribution in [0.3, 0.4) is 0 Å². The number of rotatable bonds is 8. The Morgan fingerprint density at radius 1 is 1.00 bits per heavy atom. The molecule has 0 aliphatic heterocycles. The molecule has 2 N–H and O–H groups in total. The molecule has 0 amide bonds. The Kier molecular flexibility index (Phi) is 6.53. The molecule has 1 unspecified atom stereocenters.